The third-order valence-corrected chi connectivity index (χ3v) is 10.8. The summed E-state index contributed by atoms with van der Waals surface area (Å²) in [7, 11) is 2.82. The van der Waals surface area contributed by atoms with Crippen LogP contribution in [0.1, 0.15) is 49.5 Å². The van der Waals surface area contributed by atoms with Gasteiger partial charge in [-0.3, -0.25) is 28.8 Å². The normalized spacial score (nSPS) is 21.8. The number of piperidine rings is 1. The third-order valence-electron chi connectivity index (χ3n) is 10.8. The summed E-state index contributed by atoms with van der Waals surface area (Å²) in [6.07, 6.45) is -11.8. The predicted molar refractivity (Wildman–Crippen MR) is 213 cm³/mol. The molecule has 0 radical (unpaired) electrons. The lowest BCUT2D eigenvalue weighted by Gasteiger charge is -2.38. The van der Waals surface area contributed by atoms with Crippen LogP contribution in [-0.2, 0) is 36.5 Å². The van der Waals surface area contributed by atoms with E-state index in [1.54, 1.807) is 7.05 Å². The molecule has 1 aromatic heterocycles. The number of aliphatic hydroxyl groups is 3. The molecular weight excluding hydrogens is 811 g/mol. The zero-order valence-corrected chi connectivity index (χ0v) is 33.8. The maximum absolute atomic E-state index is 13.1. The second-order valence-electron chi connectivity index (χ2n) is 15.1. The molecule has 2 aliphatic heterocycles. The number of likely N-dealkylation sites (N-methyl/N-ethyl adjacent to an activating group) is 1. The van der Waals surface area contributed by atoms with Gasteiger partial charge in [0.05, 0.1) is 11.7 Å². The van der Waals surface area contributed by atoms with E-state index in [2.05, 4.69) is 10.2 Å². The molecule has 336 valence electrons. The Bertz CT molecular complexity index is 2000. The third kappa shape index (κ3) is 12.6. The fraction of sp³-hybridized carbons (Fsp3) is 0.550. The summed E-state index contributed by atoms with van der Waals surface area (Å²) in [5.74, 6) is -0.755. The van der Waals surface area contributed by atoms with Gasteiger partial charge < -0.3 is 56.0 Å². The van der Waals surface area contributed by atoms with Crippen molar-refractivity contribution >= 4 is 17.5 Å². The molecule has 2 saturated heterocycles. The van der Waals surface area contributed by atoms with E-state index in [4.69, 9.17) is 30.4 Å². The van der Waals surface area contributed by atoms with Crippen molar-refractivity contribution < 1.29 is 57.0 Å². The number of alkyl halides is 3. The molecular formula is C40H54F3N7O11. The van der Waals surface area contributed by atoms with Crippen molar-refractivity contribution in [1.29, 1.82) is 0 Å². The quantitative estimate of drug-likeness (QED) is 0.0800. The van der Waals surface area contributed by atoms with E-state index < -0.39 is 78.0 Å². The Balaban J connectivity index is 1.13. The lowest BCUT2D eigenvalue weighted by Crippen LogP contribution is -2.58. The minimum absolute atomic E-state index is 0.0687. The number of benzene rings is 2. The molecule has 8 atom stereocenters. The zero-order chi connectivity index (χ0) is 44.4. The summed E-state index contributed by atoms with van der Waals surface area (Å²) in [4.78, 5) is 55.7. The van der Waals surface area contributed by atoms with Crippen LogP contribution in [0.5, 0.6) is 5.75 Å². The van der Waals surface area contributed by atoms with Crippen LogP contribution < -0.4 is 37.7 Å². The molecule has 2 aromatic carbocycles. The Morgan fingerprint density at radius 3 is 2.30 bits per heavy atom. The van der Waals surface area contributed by atoms with Crippen LogP contribution in [0.25, 0.3) is 0 Å². The first-order valence-electron chi connectivity index (χ1n) is 19.8. The van der Waals surface area contributed by atoms with Gasteiger partial charge in [-0.15, -0.1) is 0 Å². The van der Waals surface area contributed by atoms with Gasteiger partial charge in [0, 0.05) is 76.9 Å². The van der Waals surface area contributed by atoms with E-state index in [0.29, 0.717) is 31.7 Å². The number of amides is 2. The summed E-state index contributed by atoms with van der Waals surface area (Å²) >= 11 is 0. The second kappa shape index (κ2) is 21.3. The van der Waals surface area contributed by atoms with Gasteiger partial charge in [0.25, 0.3) is 5.56 Å². The number of nitrogens with one attached hydrogen (secondary N) is 2. The first-order chi connectivity index (χ1) is 29.0. The van der Waals surface area contributed by atoms with Crippen molar-refractivity contribution in [3.63, 3.8) is 0 Å². The average Bonchev–Trinajstić information content (AvgIpc) is 3.49. The number of halogens is 3. The minimum atomic E-state index is -4.40. The molecule has 1 unspecified atom stereocenters. The maximum atomic E-state index is 13.1. The fourth-order valence-corrected chi connectivity index (χ4v) is 7.41. The van der Waals surface area contributed by atoms with Gasteiger partial charge >= 0.3 is 11.9 Å². The van der Waals surface area contributed by atoms with Gasteiger partial charge in [-0.1, -0.05) is 12.1 Å². The van der Waals surface area contributed by atoms with Gasteiger partial charge in [0.1, 0.15) is 48.5 Å². The zero-order valence-electron chi connectivity index (χ0n) is 33.8. The molecule has 0 saturated carbocycles. The first kappa shape index (κ1) is 47.2. The largest absolute Gasteiger partial charge is 0.490 e. The molecule has 2 amide bonds. The van der Waals surface area contributed by atoms with Crippen molar-refractivity contribution in [3.8, 4) is 5.75 Å². The molecule has 2 fully saturated rings. The fourth-order valence-electron chi connectivity index (χ4n) is 7.41. The molecule has 61 heavy (non-hydrogen) atoms. The summed E-state index contributed by atoms with van der Waals surface area (Å²) in [6, 6.07) is 12.1. The number of hydrogen-bond donors (Lipinski definition) is 7. The number of carbonyl (C=O) groups excluding carboxylic acids is 2. The van der Waals surface area contributed by atoms with Crippen LogP contribution in [0.3, 0.4) is 0 Å². The van der Waals surface area contributed by atoms with E-state index in [0.717, 1.165) is 40.2 Å². The monoisotopic (exact) mass is 865 g/mol. The van der Waals surface area contributed by atoms with Crippen LogP contribution in [0.4, 0.5) is 18.9 Å². The second-order valence-corrected chi connectivity index (χ2v) is 15.1. The number of ether oxygens (including phenoxy) is 4. The number of primary amides is 1. The predicted octanol–water partition coefficient (Wildman–Crippen LogP) is 0.172. The number of carbonyl (C=O) groups is 2. The molecule has 0 aliphatic carbocycles. The number of methoxy groups -OCH3 is 1. The Morgan fingerprint density at radius 2 is 1.72 bits per heavy atom. The van der Waals surface area contributed by atoms with Crippen LogP contribution in [0.15, 0.2) is 70.4 Å². The van der Waals surface area contributed by atoms with Crippen LogP contribution in [0, 0.1) is 0 Å². The molecule has 3 heterocycles. The molecule has 0 bridgehead atoms. The van der Waals surface area contributed by atoms with Gasteiger partial charge in [-0.05, 0) is 62.0 Å². The van der Waals surface area contributed by atoms with Gasteiger partial charge in [0.2, 0.25) is 11.8 Å². The Hall–Kier alpha value is -4.87. The number of rotatable bonds is 20. The Morgan fingerprint density at radius 1 is 1.05 bits per heavy atom. The van der Waals surface area contributed by atoms with Gasteiger partial charge in [0.15, 0.2) is 6.29 Å². The standard InChI is InChI=1S/C40H54F3N7O11/c1-48(33(37(45)56)36(61-38-35(55)34(54)29(21-44)60-38)28(58-2)20-32(53)50-19-15-31(52)47-39(50)57)16-3-4-30(51)46-22-23-5-9-25(10-6-23)49-17-13-27(14-18-49)59-26-11-7-24(8-12-26)40(41,42)43/h5-12,15,19,27-29,32-36,38,53-55H,3-4,13-14,16-18,20-22,44H2,1-2H3,(H2,45,56)(H,46,51)(H,47,52,57)/t28-,29+,32?,33-,34+,35+,36+,38-/m0/s1. The van der Waals surface area contributed by atoms with E-state index in [-0.39, 0.29) is 50.9 Å². The summed E-state index contributed by atoms with van der Waals surface area (Å²) < 4.78 is 62.7. The highest BCUT2D eigenvalue weighted by molar-refractivity contribution is 5.80. The van der Waals surface area contributed by atoms with Gasteiger partial charge in [-0.2, -0.15) is 13.2 Å². The molecule has 2 aliphatic rings. The lowest BCUT2D eigenvalue weighted by molar-refractivity contribution is -0.226. The Labute approximate surface area is 349 Å². The van der Waals surface area contributed by atoms with Crippen molar-refractivity contribution in [2.24, 2.45) is 11.5 Å². The van der Waals surface area contributed by atoms with E-state index in [1.165, 1.54) is 24.1 Å². The van der Waals surface area contributed by atoms with Crippen LogP contribution >= 0.6 is 0 Å². The van der Waals surface area contributed by atoms with E-state index >= 15 is 0 Å². The summed E-state index contributed by atoms with van der Waals surface area (Å²) in [6.45, 7) is 1.63. The number of nitrogens with zero attached hydrogens (tertiary/aromatic N) is 3. The SMILES string of the molecule is CO[C@@H](CC(O)n1ccc(=O)[nH]c1=O)[C@@H](O[C@@H]1O[C@H](CN)[C@@H](O)[C@H]1O)[C@@H](C(N)=O)N(C)CCCC(=O)NCc1ccc(N2CCC(Oc3ccc(C(F)(F)F)cc3)CC2)cc1. The van der Waals surface area contributed by atoms with Gasteiger partial charge in [-0.25, -0.2) is 4.79 Å². The van der Waals surface area contributed by atoms with Crippen LogP contribution in [-0.4, -0.2) is 131 Å². The summed E-state index contributed by atoms with van der Waals surface area (Å²) in [5.41, 5.74) is 11.1. The van der Waals surface area contributed by atoms with Crippen molar-refractivity contribution in [1.82, 2.24) is 19.8 Å². The number of anilines is 1. The number of H-pyrrole nitrogens is 1. The first-order valence-corrected chi connectivity index (χ1v) is 19.8. The topological polar surface area (TPSA) is 257 Å². The number of aliphatic hydroxyl groups excluding tert-OH is 3. The highest BCUT2D eigenvalue weighted by Crippen LogP contribution is 2.32. The van der Waals surface area contributed by atoms with E-state index in [9.17, 15) is 47.7 Å². The number of aromatic nitrogens is 2. The van der Waals surface area contributed by atoms with Crippen molar-refractivity contribution in [2.45, 2.75) is 100 Å². The smallest absolute Gasteiger partial charge is 0.416 e. The highest BCUT2D eigenvalue weighted by Gasteiger charge is 2.47. The highest BCUT2D eigenvalue weighted by atomic mass is 19.4. The molecule has 18 nitrogen and oxygen atoms in total. The molecule has 0 spiro atoms. The molecule has 21 heteroatoms. The maximum Gasteiger partial charge on any atom is 0.416 e. The number of aromatic amines is 1. The number of nitrogens with two attached hydrogens (primary N) is 2. The van der Waals surface area contributed by atoms with Crippen molar-refractivity contribution in [3.05, 3.63) is 92.8 Å². The summed E-state index contributed by atoms with van der Waals surface area (Å²) in [5, 5.41) is 35.0. The van der Waals surface area contributed by atoms with Crippen LogP contribution in [0.2, 0.25) is 0 Å². The lowest BCUT2D eigenvalue weighted by atomic mass is 9.99. The molecule has 3 aromatic rings. The number of hydrogen-bond acceptors (Lipinski definition) is 14. The molecule has 9 N–H and O–H groups in total. The average molecular weight is 866 g/mol. The van der Waals surface area contributed by atoms with Crippen molar-refractivity contribution in [2.75, 3.05) is 45.2 Å². The Kier molecular flexibility index (Phi) is 16.5. The molecule has 5 rings (SSSR count). The van der Waals surface area contributed by atoms with E-state index in [1.807, 2.05) is 29.2 Å². The minimum Gasteiger partial charge on any atom is -0.490 e.